The standard InChI is InChI=1S/C25H23FN6O2/c1-3-25(14-33-15-25)9-8-16-6-4-7-19-22(16)34-11-5-10-32(19)24-20-17(12-27-13-18(20)26)21-23(28-24)29-30-31(21)2/h4,6-7,12-13H,3,5,10-11,14-15H2,1-2H3. The van der Waals surface area contributed by atoms with Gasteiger partial charge in [-0.15, -0.1) is 5.10 Å². The molecule has 5 heterocycles. The van der Waals surface area contributed by atoms with Gasteiger partial charge in [-0.1, -0.05) is 30.0 Å². The minimum Gasteiger partial charge on any atom is -0.490 e. The van der Waals surface area contributed by atoms with E-state index in [-0.39, 0.29) is 5.41 Å². The third-order valence-corrected chi connectivity index (χ3v) is 6.61. The number of rotatable bonds is 2. The highest BCUT2D eigenvalue weighted by Crippen LogP contribution is 2.42. The smallest absolute Gasteiger partial charge is 0.204 e. The summed E-state index contributed by atoms with van der Waals surface area (Å²) in [6.45, 7) is 4.56. The highest BCUT2D eigenvalue weighted by molar-refractivity contribution is 6.08. The van der Waals surface area contributed by atoms with E-state index in [2.05, 4.69) is 34.1 Å². The number of aryl methyl sites for hydroxylation is 1. The molecule has 0 radical (unpaired) electrons. The second kappa shape index (κ2) is 7.92. The highest BCUT2D eigenvalue weighted by atomic mass is 19.1. The number of aromatic nitrogens is 5. The van der Waals surface area contributed by atoms with Gasteiger partial charge >= 0.3 is 0 Å². The van der Waals surface area contributed by atoms with Gasteiger partial charge in [0.25, 0.3) is 0 Å². The SMILES string of the molecule is CCC1(C#Cc2cccc3c2OCCCN3c2nc3nnn(C)c3c3cncc(F)c23)COC1. The lowest BCUT2D eigenvalue weighted by Crippen LogP contribution is -2.40. The fourth-order valence-electron chi connectivity index (χ4n) is 4.55. The molecule has 0 N–H and O–H groups in total. The van der Waals surface area contributed by atoms with Crippen LogP contribution < -0.4 is 9.64 Å². The second-order valence-corrected chi connectivity index (χ2v) is 8.75. The van der Waals surface area contributed by atoms with Crippen molar-refractivity contribution in [2.75, 3.05) is 31.3 Å². The maximum Gasteiger partial charge on any atom is 0.204 e. The number of hydrogen-bond acceptors (Lipinski definition) is 7. The summed E-state index contributed by atoms with van der Waals surface area (Å²) in [4.78, 5) is 10.8. The maximum atomic E-state index is 15.2. The van der Waals surface area contributed by atoms with Crippen molar-refractivity contribution < 1.29 is 13.9 Å². The quantitative estimate of drug-likeness (QED) is 0.424. The van der Waals surface area contributed by atoms with Crippen LogP contribution in [0.1, 0.15) is 25.3 Å². The number of pyridine rings is 2. The van der Waals surface area contributed by atoms with Gasteiger partial charge in [0.05, 0.1) is 48.1 Å². The molecule has 8 nitrogen and oxygen atoms in total. The van der Waals surface area contributed by atoms with E-state index < -0.39 is 5.82 Å². The normalized spacial score (nSPS) is 16.9. The molecular weight excluding hydrogens is 435 g/mol. The van der Waals surface area contributed by atoms with Crippen molar-refractivity contribution >= 4 is 33.4 Å². The van der Waals surface area contributed by atoms with Gasteiger partial charge in [0, 0.05) is 25.2 Å². The van der Waals surface area contributed by atoms with E-state index >= 15 is 4.39 Å². The zero-order valence-electron chi connectivity index (χ0n) is 19.0. The highest BCUT2D eigenvalue weighted by Gasteiger charge is 2.35. The van der Waals surface area contributed by atoms with Gasteiger partial charge in [-0.05, 0) is 25.0 Å². The van der Waals surface area contributed by atoms with Gasteiger partial charge in [0.2, 0.25) is 5.65 Å². The Bertz CT molecular complexity index is 1480. The Morgan fingerprint density at radius 3 is 2.91 bits per heavy atom. The Labute approximate surface area is 195 Å². The summed E-state index contributed by atoms with van der Waals surface area (Å²) in [5, 5.41) is 9.28. The predicted molar refractivity (Wildman–Crippen MR) is 126 cm³/mol. The van der Waals surface area contributed by atoms with E-state index in [0.717, 1.165) is 24.1 Å². The lowest BCUT2D eigenvalue weighted by Gasteiger charge is -2.35. The molecule has 2 aliphatic heterocycles. The first-order valence-electron chi connectivity index (χ1n) is 11.4. The molecule has 6 rings (SSSR count). The number of benzene rings is 1. The van der Waals surface area contributed by atoms with E-state index in [0.29, 0.717) is 59.9 Å². The Morgan fingerprint density at radius 1 is 1.24 bits per heavy atom. The molecule has 34 heavy (non-hydrogen) atoms. The van der Waals surface area contributed by atoms with Crippen molar-refractivity contribution in [3.05, 3.63) is 42.0 Å². The second-order valence-electron chi connectivity index (χ2n) is 8.75. The number of ether oxygens (including phenoxy) is 2. The lowest BCUT2D eigenvalue weighted by atomic mass is 9.84. The van der Waals surface area contributed by atoms with Crippen LogP contribution in [0.3, 0.4) is 0 Å². The minimum absolute atomic E-state index is 0.0992. The van der Waals surface area contributed by atoms with Crippen LogP contribution in [0, 0.1) is 23.1 Å². The van der Waals surface area contributed by atoms with Crippen LogP contribution in [-0.4, -0.2) is 51.3 Å². The molecule has 0 spiro atoms. The zero-order chi connectivity index (χ0) is 23.3. The first-order valence-corrected chi connectivity index (χ1v) is 11.4. The van der Waals surface area contributed by atoms with Crippen LogP contribution in [0.25, 0.3) is 21.9 Å². The number of nitrogens with zero attached hydrogens (tertiary/aromatic N) is 6. The molecule has 0 aliphatic carbocycles. The van der Waals surface area contributed by atoms with Crippen molar-refractivity contribution in [2.45, 2.75) is 19.8 Å². The summed E-state index contributed by atoms with van der Waals surface area (Å²) in [5.74, 6) is 7.46. The van der Waals surface area contributed by atoms with Crippen molar-refractivity contribution in [3.8, 4) is 17.6 Å². The third-order valence-electron chi connectivity index (χ3n) is 6.61. The van der Waals surface area contributed by atoms with E-state index in [9.17, 15) is 0 Å². The Hall–Kier alpha value is -3.77. The van der Waals surface area contributed by atoms with E-state index in [1.54, 1.807) is 17.9 Å². The first kappa shape index (κ1) is 20.8. The van der Waals surface area contributed by atoms with Gasteiger partial charge in [0.1, 0.15) is 11.3 Å². The molecule has 4 aromatic rings. The molecule has 0 amide bonds. The Kier molecular flexibility index (Phi) is 4.85. The van der Waals surface area contributed by atoms with Crippen LogP contribution in [-0.2, 0) is 11.8 Å². The summed E-state index contributed by atoms with van der Waals surface area (Å²) in [7, 11) is 1.76. The van der Waals surface area contributed by atoms with Crippen LogP contribution in [0.2, 0.25) is 0 Å². The molecule has 1 aromatic carbocycles. The number of para-hydroxylation sites is 1. The van der Waals surface area contributed by atoms with Crippen LogP contribution in [0.5, 0.6) is 5.75 Å². The largest absolute Gasteiger partial charge is 0.490 e. The fraction of sp³-hybridized carbons (Fsp3) is 0.360. The van der Waals surface area contributed by atoms with Crippen molar-refractivity contribution in [2.24, 2.45) is 12.5 Å². The number of fused-ring (bicyclic) bond motifs is 4. The van der Waals surface area contributed by atoms with Crippen molar-refractivity contribution in [3.63, 3.8) is 0 Å². The molecule has 9 heteroatoms. The molecule has 1 saturated heterocycles. The first-order chi connectivity index (χ1) is 16.6. The summed E-state index contributed by atoms with van der Waals surface area (Å²) in [6, 6.07) is 5.86. The zero-order valence-corrected chi connectivity index (χ0v) is 19.0. The predicted octanol–water partition coefficient (Wildman–Crippen LogP) is 3.75. The number of anilines is 2. The third kappa shape index (κ3) is 3.17. The molecule has 0 unspecified atom stereocenters. The molecule has 2 aliphatic rings. The van der Waals surface area contributed by atoms with Crippen LogP contribution in [0.4, 0.5) is 15.9 Å². The van der Waals surface area contributed by atoms with E-state index in [1.165, 1.54) is 6.20 Å². The van der Waals surface area contributed by atoms with Gasteiger partial charge in [-0.25, -0.2) is 14.1 Å². The topological polar surface area (TPSA) is 78.2 Å². The molecule has 0 atom stereocenters. The average Bonchev–Trinajstić information content (AvgIpc) is 3.06. The summed E-state index contributed by atoms with van der Waals surface area (Å²) >= 11 is 0. The number of halogens is 1. The van der Waals surface area contributed by atoms with Gasteiger partial charge in [-0.2, -0.15) is 0 Å². The van der Waals surface area contributed by atoms with Crippen LogP contribution >= 0.6 is 0 Å². The molecule has 3 aromatic heterocycles. The minimum atomic E-state index is -0.444. The van der Waals surface area contributed by atoms with E-state index in [4.69, 9.17) is 14.5 Å². The van der Waals surface area contributed by atoms with Gasteiger partial charge in [-0.3, -0.25) is 4.98 Å². The Morgan fingerprint density at radius 2 is 2.12 bits per heavy atom. The maximum absolute atomic E-state index is 15.2. The van der Waals surface area contributed by atoms with Crippen LogP contribution in [0.15, 0.2) is 30.6 Å². The average molecular weight is 458 g/mol. The van der Waals surface area contributed by atoms with Crippen molar-refractivity contribution in [1.82, 2.24) is 25.0 Å². The number of hydrogen-bond donors (Lipinski definition) is 0. The summed E-state index contributed by atoms with van der Waals surface area (Å²) in [6.07, 6.45) is 4.52. The van der Waals surface area contributed by atoms with Crippen molar-refractivity contribution in [1.29, 1.82) is 0 Å². The Balaban J connectivity index is 1.55. The van der Waals surface area contributed by atoms with E-state index in [1.807, 2.05) is 23.1 Å². The lowest BCUT2D eigenvalue weighted by molar-refractivity contribution is -0.0775. The molecule has 0 saturated carbocycles. The molecular formula is C25H23FN6O2. The van der Waals surface area contributed by atoms with Gasteiger partial charge in [0.15, 0.2) is 11.6 Å². The monoisotopic (exact) mass is 458 g/mol. The molecule has 0 bridgehead atoms. The molecule has 1 fully saturated rings. The summed E-state index contributed by atoms with van der Waals surface area (Å²) in [5.41, 5.74) is 2.58. The fourth-order valence-corrected chi connectivity index (χ4v) is 4.55. The molecule has 172 valence electrons. The van der Waals surface area contributed by atoms with Gasteiger partial charge < -0.3 is 14.4 Å². The summed E-state index contributed by atoms with van der Waals surface area (Å²) < 4.78 is 28.4.